The summed E-state index contributed by atoms with van der Waals surface area (Å²) in [5.74, 6) is -0.691. The van der Waals surface area contributed by atoms with Crippen LogP contribution in [-0.4, -0.2) is 34.8 Å². The number of carbonyl (C=O) groups is 2. The first-order valence-electron chi connectivity index (χ1n) is 8.59. The Labute approximate surface area is 172 Å². The molecule has 3 rings (SSSR count). The Balaban J connectivity index is 1.93. The Morgan fingerprint density at radius 3 is 2.50 bits per heavy atom. The summed E-state index contributed by atoms with van der Waals surface area (Å²) in [5.41, 5.74) is 2.27. The summed E-state index contributed by atoms with van der Waals surface area (Å²) in [4.78, 5) is 23.5. The molecule has 1 aliphatic rings. The van der Waals surface area contributed by atoms with Crippen molar-refractivity contribution in [2.24, 2.45) is 5.10 Å². The minimum atomic E-state index is -1.03. The highest BCUT2D eigenvalue weighted by Crippen LogP contribution is 2.37. The number of amides is 1. The molecular weight excluding hydrogens is 403 g/mol. The van der Waals surface area contributed by atoms with Crippen LogP contribution in [0.25, 0.3) is 0 Å². The van der Waals surface area contributed by atoms with Crippen LogP contribution in [0, 0.1) is 0 Å². The third-order valence-corrected chi connectivity index (χ3v) is 5.03. The molecular formula is C20H18Cl2N2O4. The first-order chi connectivity index (χ1) is 13.4. The number of hydrogen-bond donors (Lipinski definition) is 1. The smallest absolute Gasteiger partial charge is 0.303 e. The molecule has 1 N–H and O–H groups in total. The van der Waals surface area contributed by atoms with Crippen molar-refractivity contribution in [1.29, 1.82) is 0 Å². The van der Waals surface area contributed by atoms with Crippen molar-refractivity contribution >= 4 is 40.8 Å². The number of rotatable bonds is 6. The summed E-state index contributed by atoms with van der Waals surface area (Å²) >= 11 is 12.3. The number of nitrogens with zero attached hydrogens (tertiary/aromatic N) is 2. The van der Waals surface area contributed by atoms with Crippen LogP contribution in [0.5, 0.6) is 5.75 Å². The Morgan fingerprint density at radius 2 is 1.89 bits per heavy atom. The molecule has 0 spiro atoms. The predicted octanol–water partition coefficient (Wildman–Crippen LogP) is 4.54. The number of ether oxygens (including phenoxy) is 1. The highest BCUT2D eigenvalue weighted by molar-refractivity contribution is 6.35. The lowest BCUT2D eigenvalue weighted by molar-refractivity contribution is -0.141. The van der Waals surface area contributed by atoms with E-state index in [0.717, 1.165) is 5.56 Å². The van der Waals surface area contributed by atoms with E-state index in [4.69, 9.17) is 33.0 Å². The quantitative estimate of drug-likeness (QED) is 0.743. The molecule has 146 valence electrons. The summed E-state index contributed by atoms with van der Waals surface area (Å²) in [5, 5.41) is 15.6. The lowest BCUT2D eigenvalue weighted by Gasteiger charge is -2.22. The molecule has 1 amide bonds. The molecule has 0 aliphatic carbocycles. The summed E-state index contributed by atoms with van der Waals surface area (Å²) in [6.07, 6.45) is 0.0483. The van der Waals surface area contributed by atoms with Crippen molar-refractivity contribution < 1.29 is 19.4 Å². The fourth-order valence-electron chi connectivity index (χ4n) is 3.04. The van der Waals surface area contributed by atoms with E-state index in [1.807, 2.05) is 24.3 Å². The highest BCUT2D eigenvalue weighted by Gasteiger charge is 2.34. The van der Waals surface area contributed by atoms with Gasteiger partial charge >= 0.3 is 5.97 Å². The van der Waals surface area contributed by atoms with E-state index >= 15 is 0 Å². The number of aliphatic carboxylic acids is 1. The molecule has 8 heteroatoms. The average molecular weight is 421 g/mol. The van der Waals surface area contributed by atoms with Crippen LogP contribution in [0.3, 0.4) is 0 Å². The second-order valence-electron chi connectivity index (χ2n) is 6.29. The summed E-state index contributed by atoms with van der Waals surface area (Å²) in [7, 11) is 1.59. The molecule has 28 heavy (non-hydrogen) atoms. The highest BCUT2D eigenvalue weighted by atomic mass is 35.5. The fraction of sp³-hybridized carbons (Fsp3) is 0.250. The largest absolute Gasteiger partial charge is 0.497 e. The van der Waals surface area contributed by atoms with Crippen LogP contribution >= 0.6 is 23.2 Å². The van der Waals surface area contributed by atoms with Crippen molar-refractivity contribution in [2.75, 3.05) is 7.11 Å². The van der Waals surface area contributed by atoms with E-state index in [1.165, 1.54) is 5.01 Å². The fourth-order valence-corrected chi connectivity index (χ4v) is 3.58. The first kappa shape index (κ1) is 20.2. The third-order valence-electron chi connectivity index (χ3n) is 4.46. The van der Waals surface area contributed by atoms with Crippen molar-refractivity contribution in [2.45, 2.75) is 25.3 Å². The molecule has 0 aromatic heterocycles. The maximum absolute atomic E-state index is 12.7. The van der Waals surface area contributed by atoms with E-state index < -0.39 is 12.0 Å². The van der Waals surface area contributed by atoms with Crippen LogP contribution in [-0.2, 0) is 9.59 Å². The molecule has 1 aliphatic heterocycles. The molecule has 2 aromatic carbocycles. The molecule has 0 radical (unpaired) electrons. The van der Waals surface area contributed by atoms with Gasteiger partial charge in [-0.3, -0.25) is 9.59 Å². The van der Waals surface area contributed by atoms with Gasteiger partial charge in [0.1, 0.15) is 5.75 Å². The minimum Gasteiger partial charge on any atom is -0.497 e. The van der Waals surface area contributed by atoms with Crippen molar-refractivity contribution in [3.8, 4) is 5.75 Å². The number of hydrogen-bond acceptors (Lipinski definition) is 4. The van der Waals surface area contributed by atoms with Crippen LogP contribution < -0.4 is 4.74 Å². The zero-order chi connectivity index (χ0) is 20.3. The van der Waals surface area contributed by atoms with Crippen molar-refractivity contribution in [3.05, 3.63) is 63.6 Å². The zero-order valence-corrected chi connectivity index (χ0v) is 16.6. The number of methoxy groups -OCH3 is 1. The number of hydrazone groups is 1. The van der Waals surface area contributed by atoms with Crippen LogP contribution in [0.1, 0.15) is 36.4 Å². The topological polar surface area (TPSA) is 79.2 Å². The van der Waals surface area contributed by atoms with Gasteiger partial charge in [-0.25, -0.2) is 5.01 Å². The third kappa shape index (κ3) is 4.46. The van der Waals surface area contributed by atoms with Gasteiger partial charge in [-0.05, 0) is 47.5 Å². The number of carbonyl (C=O) groups excluding carboxylic acids is 1. The Bertz CT molecular complexity index is 928. The molecule has 6 nitrogen and oxygen atoms in total. The monoisotopic (exact) mass is 420 g/mol. The molecule has 1 atom stereocenters. The molecule has 0 bridgehead atoms. The lowest BCUT2D eigenvalue weighted by atomic mass is 9.98. The molecule has 1 heterocycles. The van der Waals surface area contributed by atoms with E-state index in [2.05, 4.69) is 5.10 Å². The van der Waals surface area contributed by atoms with Crippen molar-refractivity contribution in [1.82, 2.24) is 5.01 Å². The minimum absolute atomic E-state index is 0.142. The SMILES string of the molecule is COc1ccc(C2=NN(C(=O)CCC(=O)O)C(c3ccc(Cl)cc3Cl)C2)cc1. The number of benzene rings is 2. The molecule has 0 saturated carbocycles. The Kier molecular flexibility index (Phi) is 6.21. The standard InChI is InChI=1S/C20H18Cl2N2O4/c1-28-14-5-2-12(3-6-14)17-11-18(15-7-4-13(21)10-16(15)22)24(23-17)19(25)8-9-20(26)27/h2-7,10,18H,8-9,11H2,1H3,(H,26,27). The number of carboxylic acid groups (broad SMARTS) is 1. The second-order valence-corrected chi connectivity index (χ2v) is 7.14. The summed E-state index contributed by atoms with van der Waals surface area (Å²) < 4.78 is 5.17. The van der Waals surface area contributed by atoms with E-state index in [1.54, 1.807) is 25.3 Å². The van der Waals surface area contributed by atoms with E-state index in [0.29, 0.717) is 33.5 Å². The maximum atomic E-state index is 12.7. The zero-order valence-electron chi connectivity index (χ0n) is 15.1. The second kappa shape index (κ2) is 8.63. The Morgan fingerprint density at radius 1 is 1.18 bits per heavy atom. The van der Waals surface area contributed by atoms with Gasteiger partial charge in [0.15, 0.2) is 0 Å². The lowest BCUT2D eigenvalue weighted by Crippen LogP contribution is -2.27. The van der Waals surface area contributed by atoms with Gasteiger partial charge in [-0.1, -0.05) is 29.3 Å². The van der Waals surface area contributed by atoms with Gasteiger partial charge in [0.2, 0.25) is 5.91 Å². The van der Waals surface area contributed by atoms with Crippen LogP contribution in [0.2, 0.25) is 10.0 Å². The predicted molar refractivity (Wildman–Crippen MR) is 107 cm³/mol. The molecule has 1 unspecified atom stereocenters. The number of halogens is 2. The molecule has 2 aromatic rings. The Hall–Kier alpha value is -2.57. The average Bonchev–Trinajstić information content (AvgIpc) is 3.11. The van der Waals surface area contributed by atoms with Gasteiger partial charge in [-0.15, -0.1) is 0 Å². The van der Waals surface area contributed by atoms with Gasteiger partial charge in [0.25, 0.3) is 0 Å². The van der Waals surface area contributed by atoms with E-state index in [-0.39, 0.29) is 18.7 Å². The number of carboxylic acids is 1. The van der Waals surface area contributed by atoms with Gasteiger partial charge < -0.3 is 9.84 Å². The van der Waals surface area contributed by atoms with Crippen LogP contribution in [0.15, 0.2) is 47.6 Å². The maximum Gasteiger partial charge on any atom is 0.303 e. The van der Waals surface area contributed by atoms with Gasteiger partial charge in [0.05, 0.1) is 25.3 Å². The first-order valence-corrected chi connectivity index (χ1v) is 9.35. The van der Waals surface area contributed by atoms with Gasteiger partial charge in [0, 0.05) is 22.9 Å². The van der Waals surface area contributed by atoms with Crippen LogP contribution in [0.4, 0.5) is 0 Å². The summed E-state index contributed by atoms with van der Waals surface area (Å²) in [6, 6.07) is 12.0. The van der Waals surface area contributed by atoms with Crippen molar-refractivity contribution in [3.63, 3.8) is 0 Å². The van der Waals surface area contributed by atoms with Gasteiger partial charge in [-0.2, -0.15) is 5.10 Å². The molecule has 0 fully saturated rings. The summed E-state index contributed by atoms with van der Waals surface area (Å²) in [6.45, 7) is 0. The normalized spacial score (nSPS) is 16.0. The molecule has 0 saturated heterocycles. The van der Waals surface area contributed by atoms with E-state index in [9.17, 15) is 9.59 Å².